The Labute approximate surface area is 112 Å². The predicted molar refractivity (Wildman–Crippen MR) is 71.8 cm³/mol. The molecule has 6 nitrogen and oxygen atoms in total. The van der Waals surface area contributed by atoms with E-state index in [1.807, 2.05) is 6.07 Å². The lowest BCUT2D eigenvalue weighted by molar-refractivity contribution is 0.0956. The number of anilines is 1. The minimum Gasteiger partial charge on any atom is -0.474 e. The molecule has 102 valence electrons. The van der Waals surface area contributed by atoms with Gasteiger partial charge in [0.15, 0.2) is 0 Å². The van der Waals surface area contributed by atoms with E-state index in [0.29, 0.717) is 24.2 Å². The summed E-state index contributed by atoms with van der Waals surface area (Å²) in [4.78, 5) is 20.5. The number of pyridine rings is 1. The molecule has 3 rings (SSSR count). The first-order valence-corrected chi connectivity index (χ1v) is 6.50. The monoisotopic (exact) mass is 262 g/mol. The summed E-state index contributed by atoms with van der Waals surface area (Å²) in [5, 5.41) is 2.57. The van der Waals surface area contributed by atoms with Crippen LogP contribution >= 0.6 is 0 Å². The second-order valence-corrected chi connectivity index (χ2v) is 5.02. The number of carbonyl (C=O) groups is 1. The molecule has 0 aromatic carbocycles. The first-order chi connectivity index (χ1) is 9.19. The van der Waals surface area contributed by atoms with E-state index < -0.39 is 0 Å². The SMILES string of the molecule is CNC(=O)c1ccc2c(n1)OCC1CN(C)CCN21. The second kappa shape index (κ2) is 4.70. The lowest BCUT2D eigenvalue weighted by Gasteiger charge is -2.44. The van der Waals surface area contributed by atoms with E-state index in [1.54, 1.807) is 13.1 Å². The number of piperazine rings is 1. The Morgan fingerprint density at radius 1 is 1.47 bits per heavy atom. The largest absolute Gasteiger partial charge is 0.474 e. The molecule has 1 fully saturated rings. The first kappa shape index (κ1) is 12.2. The maximum Gasteiger partial charge on any atom is 0.269 e. The fourth-order valence-corrected chi connectivity index (χ4v) is 2.66. The van der Waals surface area contributed by atoms with Crippen LogP contribution in [0.3, 0.4) is 0 Å². The maximum absolute atomic E-state index is 11.6. The number of carbonyl (C=O) groups excluding carboxylic acids is 1. The van der Waals surface area contributed by atoms with E-state index in [-0.39, 0.29) is 5.91 Å². The van der Waals surface area contributed by atoms with Gasteiger partial charge in [0.2, 0.25) is 5.88 Å². The summed E-state index contributed by atoms with van der Waals surface area (Å²) < 4.78 is 5.72. The summed E-state index contributed by atoms with van der Waals surface area (Å²) in [7, 11) is 3.72. The van der Waals surface area contributed by atoms with E-state index >= 15 is 0 Å². The number of hydrogen-bond acceptors (Lipinski definition) is 5. The van der Waals surface area contributed by atoms with Gasteiger partial charge in [0.1, 0.15) is 18.0 Å². The van der Waals surface area contributed by atoms with Gasteiger partial charge in [0, 0.05) is 26.7 Å². The number of hydrogen-bond donors (Lipinski definition) is 1. The van der Waals surface area contributed by atoms with Crippen molar-refractivity contribution in [2.24, 2.45) is 0 Å². The van der Waals surface area contributed by atoms with Gasteiger partial charge in [-0.05, 0) is 19.2 Å². The van der Waals surface area contributed by atoms with Gasteiger partial charge in [0.05, 0.1) is 6.04 Å². The highest BCUT2D eigenvalue weighted by atomic mass is 16.5. The number of rotatable bonds is 1. The molecule has 1 unspecified atom stereocenters. The predicted octanol–water partition coefficient (Wildman–Crippen LogP) is -0.0460. The van der Waals surface area contributed by atoms with Gasteiger partial charge < -0.3 is 19.9 Å². The summed E-state index contributed by atoms with van der Waals surface area (Å²) in [5.74, 6) is 0.383. The zero-order valence-electron chi connectivity index (χ0n) is 11.2. The summed E-state index contributed by atoms with van der Waals surface area (Å²) in [5.41, 5.74) is 1.39. The minimum atomic E-state index is -0.188. The normalized spacial score (nSPS) is 22.2. The average Bonchev–Trinajstić information content (AvgIpc) is 2.45. The highest BCUT2D eigenvalue weighted by molar-refractivity contribution is 5.92. The van der Waals surface area contributed by atoms with Crippen LogP contribution in [-0.4, -0.2) is 62.2 Å². The Bertz CT molecular complexity index is 505. The van der Waals surface area contributed by atoms with Gasteiger partial charge in [0.25, 0.3) is 5.91 Å². The van der Waals surface area contributed by atoms with E-state index in [1.165, 1.54) is 0 Å². The molecule has 2 aliphatic rings. The van der Waals surface area contributed by atoms with Gasteiger partial charge >= 0.3 is 0 Å². The number of fused-ring (bicyclic) bond motifs is 3. The third-order valence-corrected chi connectivity index (χ3v) is 3.71. The van der Waals surface area contributed by atoms with Crippen LogP contribution in [0, 0.1) is 0 Å². The fourth-order valence-electron chi connectivity index (χ4n) is 2.66. The number of ether oxygens (including phenoxy) is 1. The Kier molecular flexibility index (Phi) is 3.02. The summed E-state index contributed by atoms with van der Waals surface area (Å²) in [6, 6.07) is 4.06. The smallest absolute Gasteiger partial charge is 0.269 e. The van der Waals surface area contributed by atoms with Crippen LogP contribution < -0.4 is 15.0 Å². The molecule has 0 saturated carbocycles. The fraction of sp³-hybridized carbons (Fsp3) is 0.538. The topological polar surface area (TPSA) is 57.7 Å². The number of aromatic nitrogens is 1. The summed E-state index contributed by atoms with van der Waals surface area (Å²) in [6.07, 6.45) is 0. The van der Waals surface area contributed by atoms with Crippen molar-refractivity contribution in [1.29, 1.82) is 0 Å². The van der Waals surface area contributed by atoms with Crippen LogP contribution in [0.1, 0.15) is 10.5 Å². The summed E-state index contributed by atoms with van der Waals surface area (Å²) >= 11 is 0. The molecule has 0 radical (unpaired) electrons. The van der Waals surface area contributed by atoms with Gasteiger partial charge in [-0.25, -0.2) is 4.98 Å². The van der Waals surface area contributed by atoms with Gasteiger partial charge in [-0.1, -0.05) is 0 Å². The molecule has 0 aliphatic carbocycles. The quantitative estimate of drug-likeness (QED) is 0.769. The highest BCUT2D eigenvalue weighted by Gasteiger charge is 2.32. The Morgan fingerprint density at radius 3 is 3.11 bits per heavy atom. The first-order valence-electron chi connectivity index (χ1n) is 6.50. The van der Waals surface area contributed by atoms with Crippen LogP contribution in [-0.2, 0) is 0 Å². The van der Waals surface area contributed by atoms with Gasteiger partial charge in [-0.15, -0.1) is 0 Å². The third kappa shape index (κ3) is 2.12. The van der Waals surface area contributed by atoms with Crippen molar-refractivity contribution in [3.63, 3.8) is 0 Å². The number of nitrogens with one attached hydrogen (secondary N) is 1. The molecule has 0 spiro atoms. The van der Waals surface area contributed by atoms with E-state index in [0.717, 1.165) is 25.3 Å². The Balaban J connectivity index is 1.90. The molecule has 1 atom stereocenters. The van der Waals surface area contributed by atoms with Crippen LogP contribution in [0.5, 0.6) is 5.88 Å². The third-order valence-electron chi connectivity index (χ3n) is 3.71. The van der Waals surface area contributed by atoms with Gasteiger partial charge in [-0.2, -0.15) is 0 Å². The Morgan fingerprint density at radius 2 is 2.32 bits per heavy atom. The van der Waals surface area contributed by atoms with E-state index in [4.69, 9.17) is 4.74 Å². The molecule has 1 aromatic rings. The molecule has 1 N–H and O–H groups in total. The van der Waals surface area contributed by atoms with Crippen molar-refractivity contribution in [3.8, 4) is 5.88 Å². The lowest BCUT2D eigenvalue weighted by atomic mass is 10.1. The molecular weight excluding hydrogens is 244 g/mol. The van der Waals surface area contributed by atoms with Crippen molar-refractivity contribution in [3.05, 3.63) is 17.8 Å². The minimum absolute atomic E-state index is 0.188. The van der Waals surface area contributed by atoms with Crippen LogP contribution in [0.4, 0.5) is 5.69 Å². The van der Waals surface area contributed by atoms with Crippen molar-refractivity contribution in [2.75, 3.05) is 45.2 Å². The molecule has 2 aliphatic heterocycles. The highest BCUT2D eigenvalue weighted by Crippen LogP contribution is 2.33. The molecule has 1 amide bonds. The van der Waals surface area contributed by atoms with Crippen LogP contribution in [0.2, 0.25) is 0 Å². The van der Waals surface area contributed by atoms with E-state index in [2.05, 4.69) is 27.1 Å². The van der Waals surface area contributed by atoms with Gasteiger partial charge in [-0.3, -0.25) is 4.79 Å². The van der Waals surface area contributed by atoms with Crippen molar-refractivity contribution in [2.45, 2.75) is 6.04 Å². The van der Waals surface area contributed by atoms with E-state index in [9.17, 15) is 4.79 Å². The van der Waals surface area contributed by atoms with Crippen molar-refractivity contribution >= 4 is 11.6 Å². The molecule has 0 bridgehead atoms. The molecular formula is C13H18N4O2. The van der Waals surface area contributed by atoms with Crippen molar-refractivity contribution in [1.82, 2.24) is 15.2 Å². The van der Waals surface area contributed by atoms with Crippen LogP contribution in [0.25, 0.3) is 0 Å². The summed E-state index contributed by atoms with van der Waals surface area (Å²) in [6.45, 7) is 3.63. The number of nitrogens with zero attached hydrogens (tertiary/aromatic N) is 3. The van der Waals surface area contributed by atoms with Crippen LogP contribution in [0.15, 0.2) is 12.1 Å². The van der Waals surface area contributed by atoms with Crippen molar-refractivity contribution < 1.29 is 9.53 Å². The lowest BCUT2D eigenvalue weighted by Crippen LogP contribution is -2.56. The molecule has 1 saturated heterocycles. The Hall–Kier alpha value is -1.82. The molecule has 19 heavy (non-hydrogen) atoms. The average molecular weight is 262 g/mol. The molecule has 6 heteroatoms. The second-order valence-electron chi connectivity index (χ2n) is 5.02. The zero-order chi connectivity index (χ0) is 13.4. The number of amides is 1. The molecule has 1 aromatic heterocycles. The number of likely N-dealkylation sites (N-methyl/N-ethyl adjacent to an activating group) is 1. The zero-order valence-corrected chi connectivity index (χ0v) is 11.2. The standard InChI is InChI=1S/C13H18N4O2/c1-14-12(18)10-3-4-11-13(15-10)19-8-9-7-16(2)5-6-17(9)11/h3-4,9H,5-8H2,1-2H3,(H,14,18). The molecule has 3 heterocycles. The maximum atomic E-state index is 11.6.